The van der Waals surface area contributed by atoms with Gasteiger partial charge in [0.05, 0.1) is 5.69 Å². The molecule has 0 fully saturated rings. The van der Waals surface area contributed by atoms with Crippen LogP contribution in [-0.4, -0.2) is 29.8 Å². The average molecular weight is 258 g/mol. The van der Waals surface area contributed by atoms with Crippen molar-refractivity contribution in [1.82, 2.24) is 20.4 Å². The Kier molecular flexibility index (Phi) is 3.97. The molecule has 1 atom stereocenters. The molecule has 1 aromatic carbocycles. The fraction of sp³-hybridized carbons (Fsp3) is 0.286. The van der Waals surface area contributed by atoms with E-state index in [0.717, 1.165) is 11.3 Å². The molecule has 19 heavy (non-hydrogen) atoms. The first-order chi connectivity index (χ1) is 9.17. The lowest BCUT2D eigenvalue weighted by Crippen LogP contribution is -2.19. The van der Waals surface area contributed by atoms with E-state index in [2.05, 4.69) is 28.7 Å². The van der Waals surface area contributed by atoms with Crippen molar-refractivity contribution in [2.24, 2.45) is 0 Å². The zero-order chi connectivity index (χ0) is 13.8. The molecule has 2 N–H and O–H groups in total. The SMILES string of the molecule is CNC(=O)c1ccn(-c2ccccc2C(C)NC)n1. The highest BCUT2D eigenvalue weighted by molar-refractivity contribution is 5.91. The smallest absolute Gasteiger partial charge is 0.271 e. The summed E-state index contributed by atoms with van der Waals surface area (Å²) in [4.78, 5) is 11.5. The van der Waals surface area contributed by atoms with Gasteiger partial charge in [-0.15, -0.1) is 0 Å². The first-order valence-corrected chi connectivity index (χ1v) is 6.21. The molecule has 5 nitrogen and oxygen atoms in total. The zero-order valence-electron chi connectivity index (χ0n) is 11.3. The molecule has 1 unspecified atom stereocenters. The Morgan fingerprint density at radius 1 is 1.26 bits per heavy atom. The summed E-state index contributed by atoms with van der Waals surface area (Å²) in [5, 5.41) is 10.1. The number of amides is 1. The van der Waals surface area contributed by atoms with Crippen LogP contribution in [0, 0.1) is 0 Å². The number of aromatic nitrogens is 2. The average Bonchev–Trinajstić information content (AvgIpc) is 2.95. The van der Waals surface area contributed by atoms with Crippen LogP contribution in [0.4, 0.5) is 0 Å². The molecule has 1 amide bonds. The van der Waals surface area contributed by atoms with Crippen LogP contribution in [0.5, 0.6) is 0 Å². The molecule has 0 aliphatic rings. The monoisotopic (exact) mass is 258 g/mol. The fourth-order valence-electron chi connectivity index (χ4n) is 1.93. The van der Waals surface area contributed by atoms with Crippen LogP contribution < -0.4 is 10.6 Å². The third kappa shape index (κ3) is 2.66. The van der Waals surface area contributed by atoms with Crippen LogP contribution in [0.1, 0.15) is 29.0 Å². The molecule has 0 spiro atoms. The van der Waals surface area contributed by atoms with Gasteiger partial charge in [0, 0.05) is 19.3 Å². The van der Waals surface area contributed by atoms with Crippen LogP contribution >= 0.6 is 0 Å². The summed E-state index contributed by atoms with van der Waals surface area (Å²) in [7, 11) is 3.51. The van der Waals surface area contributed by atoms with Crippen molar-refractivity contribution in [1.29, 1.82) is 0 Å². The number of nitrogens with one attached hydrogen (secondary N) is 2. The van der Waals surface area contributed by atoms with E-state index in [-0.39, 0.29) is 11.9 Å². The van der Waals surface area contributed by atoms with E-state index in [4.69, 9.17) is 0 Å². The maximum absolute atomic E-state index is 11.5. The summed E-state index contributed by atoms with van der Waals surface area (Å²) in [5.74, 6) is -0.183. The van der Waals surface area contributed by atoms with E-state index in [1.54, 1.807) is 24.0 Å². The van der Waals surface area contributed by atoms with Crippen molar-refractivity contribution < 1.29 is 4.79 Å². The summed E-state index contributed by atoms with van der Waals surface area (Å²) in [5.41, 5.74) is 2.52. The molecule has 0 saturated heterocycles. The number of benzene rings is 1. The topological polar surface area (TPSA) is 59.0 Å². The van der Waals surface area contributed by atoms with Gasteiger partial charge in [0.25, 0.3) is 5.91 Å². The maximum atomic E-state index is 11.5. The number of carbonyl (C=O) groups is 1. The molecule has 0 bridgehead atoms. The Labute approximate surface area is 112 Å². The van der Waals surface area contributed by atoms with E-state index in [9.17, 15) is 4.79 Å². The highest BCUT2D eigenvalue weighted by atomic mass is 16.1. The number of hydrogen-bond acceptors (Lipinski definition) is 3. The minimum atomic E-state index is -0.183. The Bertz CT molecular complexity index is 576. The first kappa shape index (κ1) is 13.3. The standard InChI is InChI=1S/C14H18N4O/c1-10(15-2)11-6-4-5-7-13(11)18-9-8-12(17-18)14(19)16-3/h4-10,15H,1-3H3,(H,16,19). The third-order valence-corrected chi connectivity index (χ3v) is 3.13. The van der Waals surface area contributed by atoms with E-state index < -0.39 is 0 Å². The quantitative estimate of drug-likeness (QED) is 0.874. The van der Waals surface area contributed by atoms with Crippen LogP contribution in [0.2, 0.25) is 0 Å². The van der Waals surface area contributed by atoms with Crippen molar-refractivity contribution >= 4 is 5.91 Å². The number of rotatable bonds is 4. The largest absolute Gasteiger partial charge is 0.354 e. The highest BCUT2D eigenvalue weighted by Crippen LogP contribution is 2.20. The second-order valence-corrected chi connectivity index (χ2v) is 4.29. The Balaban J connectivity index is 2.42. The fourth-order valence-corrected chi connectivity index (χ4v) is 1.93. The lowest BCUT2D eigenvalue weighted by Gasteiger charge is -2.15. The molecule has 0 saturated carbocycles. The molecule has 0 radical (unpaired) electrons. The number of nitrogens with zero attached hydrogens (tertiary/aromatic N) is 2. The van der Waals surface area contributed by atoms with Crippen LogP contribution in [0.15, 0.2) is 36.5 Å². The minimum Gasteiger partial charge on any atom is -0.354 e. The third-order valence-electron chi connectivity index (χ3n) is 3.13. The Morgan fingerprint density at radius 3 is 2.68 bits per heavy atom. The Hall–Kier alpha value is -2.14. The first-order valence-electron chi connectivity index (χ1n) is 6.21. The molecule has 0 aliphatic heterocycles. The van der Waals surface area contributed by atoms with Gasteiger partial charge in [0.15, 0.2) is 5.69 Å². The summed E-state index contributed by atoms with van der Waals surface area (Å²) in [6.45, 7) is 2.09. The predicted molar refractivity (Wildman–Crippen MR) is 74.4 cm³/mol. The molecular formula is C14H18N4O. The summed E-state index contributed by atoms with van der Waals surface area (Å²) in [6, 6.07) is 9.92. The normalized spacial score (nSPS) is 12.2. The zero-order valence-corrected chi connectivity index (χ0v) is 11.3. The van der Waals surface area contributed by atoms with Gasteiger partial charge in [-0.3, -0.25) is 4.79 Å². The van der Waals surface area contributed by atoms with E-state index in [1.807, 2.05) is 25.2 Å². The molecule has 1 heterocycles. The highest BCUT2D eigenvalue weighted by Gasteiger charge is 2.12. The second-order valence-electron chi connectivity index (χ2n) is 4.29. The predicted octanol–water partition coefficient (Wildman–Crippen LogP) is 1.51. The number of hydrogen-bond donors (Lipinski definition) is 2. The van der Waals surface area contributed by atoms with Gasteiger partial charge >= 0.3 is 0 Å². The summed E-state index contributed by atoms with van der Waals surface area (Å²) >= 11 is 0. The summed E-state index contributed by atoms with van der Waals surface area (Å²) in [6.07, 6.45) is 1.80. The number of para-hydroxylation sites is 1. The van der Waals surface area contributed by atoms with Gasteiger partial charge in [0.2, 0.25) is 0 Å². The van der Waals surface area contributed by atoms with Gasteiger partial charge in [0.1, 0.15) is 0 Å². The molecule has 100 valence electrons. The molecule has 2 rings (SSSR count). The van der Waals surface area contributed by atoms with Gasteiger partial charge in [-0.1, -0.05) is 18.2 Å². The molecule has 5 heteroatoms. The summed E-state index contributed by atoms with van der Waals surface area (Å²) < 4.78 is 1.73. The lowest BCUT2D eigenvalue weighted by atomic mass is 10.1. The van der Waals surface area contributed by atoms with Gasteiger partial charge < -0.3 is 10.6 Å². The second kappa shape index (κ2) is 5.67. The minimum absolute atomic E-state index is 0.183. The van der Waals surface area contributed by atoms with Crippen molar-refractivity contribution in [3.05, 3.63) is 47.8 Å². The van der Waals surface area contributed by atoms with Crippen molar-refractivity contribution in [3.8, 4) is 5.69 Å². The van der Waals surface area contributed by atoms with Crippen molar-refractivity contribution in [2.75, 3.05) is 14.1 Å². The van der Waals surface area contributed by atoms with Gasteiger partial charge in [-0.25, -0.2) is 4.68 Å². The van der Waals surface area contributed by atoms with E-state index in [1.165, 1.54) is 0 Å². The molecule has 2 aromatic rings. The number of carbonyl (C=O) groups excluding carboxylic acids is 1. The maximum Gasteiger partial charge on any atom is 0.271 e. The van der Waals surface area contributed by atoms with E-state index in [0.29, 0.717) is 5.69 Å². The van der Waals surface area contributed by atoms with Gasteiger partial charge in [-0.2, -0.15) is 5.10 Å². The molecular weight excluding hydrogens is 240 g/mol. The van der Waals surface area contributed by atoms with Crippen LogP contribution in [-0.2, 0) is 0 Å². The van der Waals surface area contributed by atoms with Crippen molar-refractivity contribution in [2.45, 2.75) is 13.0 Å². The van der Waals surface area contributed by atoms with E-state index >= 15 is 0 Å². The Morgan fingerprint density at radius 2 is 2.00 bits per heavy atom. The van der Waals surface area contributed by atoms with Crippen LogP contribution in [0.25, 0.3) is 5.69 Å². The molecule has 1 aromatic heterocycles. The van der Waals surface area contributed by atoms with Crippen molar-refractivity contribution in [3.63, 3.8) is 0 Å². The van der Waals surface area contributed by atoms with Gasteiger partial charge in [-0.05, 0) is 31.7 Å². The van der Waals surface area contributed by atoms with Crippen LogP contribution in [0.3, 0.4) is 0 Å². The lowest BCUT2D eigenvalue weighted by molar-refractivity contribution is 0.0957. The molecule has 0 aliphatic carbocycles.